The zero-order valence-corrected chi connectivity index (χ0v) is 11.3. The first-order chi connectivity index (χ1) is 9.52. The Bertz CT molecular complexity index is 681. The molecule has 1 heterocycles. The lowest BCUT2D eigenvalue weighted by molar-refractivity contribution is -0.134. The highest BCUT2D eigenvalue weighted by Crippen LogP contribution is 2.41. The molecule has 0 fully saturated rings. The minimum Gasteiger partial charge on any atom is -0.496 e. The van der Waals surface area contributed by atoms with Crippen LogP contribution in [0.3, 0.4) is 0 Å². The molecule has 1 aromatic heterocycles. The molecular weight excluding hydrogens is 262 g/mol. The van der Waals surface area contributed by atoms with E-state index in [9.17, 15) is 9.59 Å². The molecule has 0 aliphatic heterocycles. The Morgan fingerprint density at radius 2 is 1.75 bits per heavy atom. The minimum absolute atomic E-state index is 0.116. The minimum atomic E-state index is -0.524. The van der Waals surface area contributed by atoms with Crippen LogP contribution in [0.2, 0.25) is 0 Å². The Kier molecular flexibility index (Phi) is 3.84. The van der Waals surface area contributed by atoms with Gasteiger partial charge in [-0.2, -0.15) is 0 Å². The average Bonchev–Trinajstić information content (AvgIpc) is 2.40. The molecule has 0 N–H and O–H groups in total. The van der Waals surface area contributed by atoms with Crippen molar-refractivity contribution >= 4 is 22.7 Å². The summed E-state index contributed by atoms with van der Waals surface area (Å²) in [6.07, 6.45) is 3.11. The van der Waals surface area contributed by atoms with Gasteiger partial charge in [-0.25, -0.2) is 0 Å². The van der Waals surface area contributed by atoms with Gasteiger partial charge in [-0.05, 0) is 6.07 Å². The molecule has 0 saturated heterocycles. The molecule has 6 heteroatoms. The second-order valence-corrected chi connectivity index (χ2v) is 4.01. The Labute approximate surface area is 115 Å². The van der Waals surface area contributed by atoms with Gasteiger partial charge in [0.15, 0.2) is 11.5 Å². The largest absolute Gasteiger partial charge is 0.496 e. The fraction of sp³-hybridized carbons (Fsp3) is 0.214. The summed E-state index contributed by atoms with van der Waals surface area (Å²) >= 11 is 0. The highest BCUT2D eigenvalue weighted by atomic mass is 16.6. The van der Waals surface area contributed by atoms with Crippen LogP contribution in [-0.4, -0.2) is 24.0 Å². The van der Waals surface area contributed by atoms with E-state index in [1.807, 2.05) is 0 Å². The molecule has 0 saturated carbocycles. The summed E-state index contributed by atoms with van der Waals surface area (Å²) in [7, 11) is 1.50. The lowest BCUT2D eigenvalue weighted by atomic mass is 10.1. The summed E-state index contributed by atoms with van der Waals surface area (Å²) in [5.74, 6) is -0.284. The highest BCUT2D eigenvalue weighted by molar-refractivity contribution is 5.97. The maximum atomic E-state index is 11.2. The normalized spacial score (nSPS) is 10.2. The van der Waals surface area contributed by atoms with Gasteiger partial charge >= 0.3 is 11.9 Å². The third-order valence-corrected chi connectivity index (χ3v) is 2.54. The van der Waals surface area contributed by atoms with Crippen molar-refractivity contribution in [1.29, 1.82) is 0 Å². The molecule has 1 aromatic carbocycles. The van der Waals surface area contributed by atoms with Crippen LogP contribution in [0.4, 0.5) is 0 Å². The van der Waals surface area contributed by atoms with E-state index < -0.39 is 11.9 Å². The number of esters is 2. The Morgan fingerprint density at radius 3 is 2.35 bits per heavy atom. The van der Waals surface area contributed by atoms with Gasteiger partial charge in [0, 0.05) is 37.7 Å². The third-order valence-electron chi connectivity index (χ3n) is 2.54. The molecule has 104 valence electrons. The van der Waals surface area contributed by atoms with Crippen molar-refractivity contribution in [3.8, 4) is 17.2 Å². The number of fused-ring (bicyclic) bond motifs is 1. The number of methoxy groups -OCH3 is 1. The fourth-order valence-electron chi connectivity index (χ4n) is 1.83. The molecule has 2 aromatic rings. The summed E-state index contributed by atoms with van der Waals surface area (Å²) in [6.45, 7) is 2.53. The number of nitrogens with zero attached hydrogens (tertiary/aromatic N) is 1. The van der Waals surface area contributed by atoms with Crippen LogP contribution in [0.1, 0.15) is 13.8 Å². The predicted octanol–water partition coefficient (Wildman–Crippen LogP) is 2.09. The number of carbonyl (C=O) groups is 2. The van der Waals surface area contributed by atoms with E-state index in [1.165, 1.54) is 33.2 Å². The zero-order valence-electron chi connectivity index (χ0n) is 11.3. The number of ether oxygens (including phenoxy) is 3. The van der Waals surface area contributed by atoms with Crippen molar-refractivity contribution in [1.82, 2.24) is 4.98 Å². The summed E-state index contributed by atoms with van der Waals surface area (Å²) < 4.78 is 15.5. The maximum Gasteiger partial charge on any atom is 0.308 e. The number of pyridine rings is 1. The standard InChI is InChI=1S/C14H13NO5/c1-8(16)19-13-6-12(18-3)10-4-5-15-7-11(10)14(13)20-9(2)17/h4-7H,1-3H3. The Hall–Kier alpha value is -2.63. The van der Waals surface area contributed by atoms with Crippen molar-refractivity contribution in [2.24, 2.45) is 0 Å². The van der Waals surface area contributed by atoms with E-state index in [1.54, 1.807) is 12.3 Å². The maximum absolute atomic E-state index is 11.2. The van der Waals surface area contributed by atoms with Crippen molar-refractivity contribution in [2.75, 3.05) is 7.11 Å². The van der Waals surface area contributed by atoms with Crippen LogP contribution >= 0.6 is 0 Å². The van der Waals surface area contributed by atoms with Crippen molar-refractivity contribution in [2.45, 2.75) is 13.8 Å². The summed E-state index contributed by atoms with van der Waals surface area (Å²) in [6, 6.07) is 3.22. The van der Waals surface area contributed by atoms with Gasteiger partial charge in [0.2, 0.25) is 0 Å². The number of benzene rings is 1. The van der Waals surface area contributed by atoms with E-state index in [-0.39, 0.29) is 11.5 Å². The lowest BCUT2D eigenvalue weighted by Crippen LogP contribution is -2.08. The third kappa shape index (κ3) is 2.69. The molecule has 0 radical (unpaired) electrons. The molecule has 0 bridgehead atoms. The van der Waals surface area contributed by atoms with Crippen LogP contribution in [0.15, 0.2) is 24.5 Å². The summed E-state index contributed by atoms with van der Waals surface area (Å²) in [5.41, 5.74) is 0. The van der Waals surface area contributed by atoms with E-state index in [2.05, 4.69) is 4.98 Å². The first-order valence-electron chi connectivity index (χ1n) is 5.84. The summed E-state index contributed by atoms with van der Waals surface area (Å²) in [4.78, 5) is 26.4. The fourth-order valence-corrected chi connectivity index (χ4v) is 1.83. The van der Waals surface area contributed by atoms with Gasteiger partial charge in [0.1, 0.15) is 5.75 Å². The van der Waals surface area contributed by atoms with Gasteiger partial charge < -0.3 is 14.2 Å². The Morgan fingerprint density at radius 1 is 1.05 bits per heavy atom. The molecule has 0 amide bonds. The van der Waals surface area contributed by atoms with Crippen LogP contribution in [-0.2, 0) is 9.59 Å². The van der Waals surface area contributed by atoms with E-state index in [0.717, 1.165) is 0 Å². The first-order valence-corrected chi connectivity index (χ1v) is 5.84. The molecule has 2 rings (SSSR count). The van der Waals surface area contributed by atoms with Crippen molar-refractivity contribution in [3.63, 3.8) is 0 Å². The number of hydrogen-bond donors (Lipinski definition) is 0. The van der Waals surface area contributed by atoms with Crippen LogP contribution in [0, 0.1) is 0 Å². The molecule has 20 heavy (non-hydrogen) atoms. The van der Waals surface area contributed by atoms with Crippen LogP contribution in [0.25, 0.3) is 10.8 Å². The smallest absolute Gasteiger partial charge is 0.308 e. The number of aromatic nitrogens is 1. The predicted molar refractivity (Wildman–Crippen MR) is 70.9 cm³/mol. The van der Waals surface area contributed by atoms with Crippen LogP contribution in [0.5, 0.6) is 17.2 Å². The van der Waals surface area contributed by atoms with Gasteiger partial charge in [-0.3, -0.25) is 14.6 Å². The van der Waals surface area contributed by atoms with Gasteiger partial charge in [-0.15, -0.1) is 0 Å². The number of carbonyl (C=O) groups excluding carboxylic acids is 2. The summed E-state index contributed by atoms with van der Waals surface area (Å²) in [5, 5.41) is 1.23. The molecule has 6 nitrogen and oxygen atoms in total. The molecule has 0 spiro atoms. The molecule has 0 unspecified atom stereocenters. The quantitative estimate of drug-likeness (QED) is 0.630. The van der Waals surface area contributed by atoms with Crippen LogP contribution < -0.4 is 14.2 Å². The SMILES string of the molecule is COc1cc(OC(C)=O)c(OC(C)=O)c2cnccc12. The zero-order chi connectivity index (χ0) is 14.7. The first kappa shape index (κ1) is 13.8. The molecule has 0 aliphatic rings. The molecule has 0 atom stereocenters. The molecule has 0 aliphatic carbocycles. The topological polar surface area (TPSA) is 74.7 Å². The van der Waals surface area contributed by atoms with Gasteiger partial charge in [0.05, 0.1) is 12.5 Å². The second-order valence-electron chi connectivity index (χ2n) is 4.01. The second kappa shape index (κ2) is 5.56. The van der Waals surface area contributed by atoms with E-state index in [0.29, 0.717) is 16.5 Å². The van der Waals surface area contributed by atoms with Gasteiger partial charge in [-0.1, -0.05) is 0 Å². The number of hydrogen-bond acceptors (Lipinski definition) is 6. The number of rotatable bonds is 3. The lowest BCUT2D eigenvalue weighted by Gasteiger charge is -2.14. The van der Waals surface area contributed by atoms with Crippen molar-refractivity contribution < 1.29 is 23.8 Å². The monoisotopic (exact) mass is 275 g/mol. The average molecular weight is 275 g/mol. The van der Waals surface area contributed by atoms with E-state index >= 15 is 0 Å². The van der Waals surface area contributed by atoms with E-state index in [4.69, 9.17) is 14.2 Å². The van der Waals surface area contributed by atoms with Crippen molar-refractivity contribution in [3.05, 3.63) is 24.5 Å². The molecular formula is C14H13NO5. The Balaban J connectivity index is 2.74. The van der Waals surface area contributed by atoms with Gasteiger partial charge in [0.25, 0.3) is 0 Å². The highest BCUT2D eigenvalue weighted by Gasteiger charge is 2.18.